The van der Waals surface area contributed by atoms with E-state index in [0.29, 0.717) is 30.7 Å². The first kappa shape index (κ1) is 19.4. The Hall–Kier alpha value is -1.97. The van der Waals surface area contributed by atoms with Crippen molar-refractivity contribution in [3.8, 4) is 0 Å². The van der Waals surface area contributed by atoms with E-state index in [1.54, 1.807) is 13.0 Å². The number of likely N-dealkylation sites (N-methyl/N-ethyl adjacent to an activating group) is 2. The number of sulfonamides is 1. The van der Waals surface area contributed by atoms with Gasteiger partial charge in [0.05, 0.1) is 15.9 Å². The Balaban J connectivity index is 2.61. The van der Waals surface area contributed by atoms with Gasteiger partial charge in [-0.15, -0.1) is 0 Å². The zero-order chi connectivity index (χ0) is 18.9. The highest BCUT2D eigenvalue weighted by molar-refractivity contribution is 7.89. The van der Waals surface area contributed by atoms with Crippen LogP contribution in [-0.2, 0) is 24.1 Å². The van der Waals surface area contributed by atoms with Crippen LogP contribution >= 0.6 is 0 Å². The van der Waals surface area contributed by atoms with E-state index < -0.39 is 21.1 Å². The number of fused-ring (bicyclic) bond motifs is 1. The van der Waals surface area contributed by atoms with E-state index in [2.05, 4.69) is 0 Å². The van der Waals surface area contributed by atoms with Crippen molar-refractivity contribution in [3.05, 3.63) is 38.9 Å². The summed E-state index contributed by atoms with van der Waals surface area (Å²) in [5, 5.41) is 0. The SMILES string of the molecule is CCN(CCN(C)C)S(=O)(=O)c1ccc2c(c1)n(C)c(=O)c(=O)n2C. The van der Waals surface area contributed by atoms with Crippen molar-refractivity contribution >= 4 is 21.1 Å². The molecule has 0 aliphatic rings. The molecule has 0 amide bonds. The fourth-order valence-electron chi connectivity index (χ4n) is 2.63. The molecule has 0 saturated heterocycles. The van der Waals surface area contributed by atoms with E-state index in [4.69, 9.17) is 0 Å². The monoisotopic (exact) mass is 368 g/mol. The molecule has 1 heterocycles. The van der Waals surface area contributed by atoms with Crippen molar-refractivity contribution in [2.24, 2.45) is 14.1 Å². The van der Waals surface area contributed by atoms with E-state index in [0.717, 1.165) is 0 Å². The second-order valence-electron chi connectivity index (χ2n) is 6.18. The third-order valence-corrected chi connectivity index (χ3v) is 6.22. The normalized spacial score (nSPS) is 12.4. The summed E-state index contributed by atoms with van der Waals surface area (Å²) in [6, 6.07) is 4.48. The van der Waals surface area contributed by atoms with E-state index in [9.17, 15) is 18.0 Å². The molecule has 25 heavy (non-hydrogen) atoms. The predicted molar refractivity (Wildman–Crippen MR) is 97.4 cm³/mol. The number of hydrogen-bond donors (Lipinski definition) is 0. The third-order valence-electron chi connectivity index (χ3n) is 4.25. The van der Waals surface area contributed by atoms with Gasteiger partial charge in [0.15, 0.2) is 0 Å². The quantitative estimate of drug-likeness (QED) is 0.660. The average Bonchev–Trinajstić information content (AvgIpc) is 2.57. The van der Waals surface area contributed by atoms with Gasteiger partial charge in [0.25, 0.3) is 0 Å². The van der Waals surface area contributed by atoms with Gasteiger partial charge in [-0.3, -0.25) is 9.59 Å². The molecular weight excluding hydrogens is 344 g/mol. The summed E-state index contributed by atoms with van der Waals surface area (Å²) in [7, 11) is 3.04. The molecule has 0 fully saturated rings. The first-order valence-corrected chi connectivity index (χ1v) is 9.40. The highest BCUT2D eigenvalue weighted by Gasteiger charge is 2.24. The molecule has 0 spiro atoms. The standard InChI is InChI=1S/C16H24N4O4S/c1-6-20(10-9-17(2)3)25(23,24)12-7-8-13-14(11-12)19(5)16(22)15(21)18(13)4/h7-8,11H,6,9-10H2,1-5H3. The van der Waals surface area contributed by atoms with E-state index in [-0.39, 0.29) is 4.90 Å². The van der Waals surface area contributed by atoms with Crippen LogP contribution in [-0.4, -0.2) is 60.5 Å². The van der Waals surface area contributed by atoms with E-state index >= 15 is 0 Å². The lowest BCUT2D eigenvalue weighted by Crippen LogP contribution is -2.39. The molecule has 0 aliphatic carbocycles. The summed E-state index contributed by atoms with van der Waals surface area (Å²) in [4.78, 5) is 25.9. The van der Waals surface area contributed by atoms with Gasteiger partial charge in [-0.25, -0.2) is 8.42 Å². The van der Waals surface area contributed by atoms with Crippen LogP contribution in [0.3, 0.4) is 0 Å². The van der Waals surface area contributed by atoms with Crippen LogP contribution in [0.5, 0.6) is 0 Å². The maximum atomic E-state index is 12.9. The number of rotatable bonds is 6. The van der Waals surface area contributed by atoms with Crippen molar-refractivity contribution < 1.29 is 8.42 Å². The molecule has 0 atom stereocenters. The maximum absolute atomic E-state index is 12.9. The molecular formula is C16H24N4O4S. The molecule has 2 aromatic rings. The summed E-state index contributed by atoms with van der Waals surface area (Å²) < 4.78 is 29.7. The van der Waals surface area contributed by atoms with E-state index in [1.165, 1.54) is 39.7 Å². The van der Waals surface area contributed by atoms with Crippen LogP contribution in [0.2, 0.25) is 0 Å². The second-order valence-corrected chi connectivity index (χ2v) is 8.12. The minimum atomic E-state index is -3.69. The van der Waals surface area contributed by atoms with Gasteiger partial charge in [0.1, 0.15) is 0 Å². The lowest BCUT2D eigenvalue weighted by Gasteiger charge is -2.22. The van der Waals surface area contributed by atoms with Gasteiger partial charge in [0, 0.05) is 33.7 Å². The Kier molecular flexibility index (Phi) is 5.50. The molecule has 138 valence electrons. The zero-order valence-corrected chi connectivity index (χ0v) is 16.0. The lowest BCUT2D eigenvalue weighted by atomic mass is 10.3. The van der Waals surface area contributed by atoms with Crippen molar-refractivity contribution in [2.75, 3.05) is 33.7 Å². The number of benzene rings is 1. The fraction of sp³-hybridized carbons (Fsp3) is 0.500. The summed E-state index contributed by atoms with van der Waals surface area (Å²) >= 11 is 0. The molecule has 1 aromatic heterocycles. The topological polar surface area (TPSA) is 84.6 Å². The molecule has 0 aliphatic heterocycles. The van der Waals surface area contributed by atoms with Crippen LogP contribution in [0.15, 0.2) is 32.7 Å². The molecule has 0 N–H and O–H groups in total. The van der Waals surface area contributed by atoms with Gasteiger partial charge < -0.3 is 14.0 Å². The summed E-state index contributed by atoms with van der Waals surface area (Å²) in [5.41, 5.74) is -0.435. The van der Waals surface area contributed by atoms with Gasteiger partial charge in [-0.05, 0) is 32.3 Å². The summed E-state index contributed by atoms with van der Waals surface area (Å²) in [6.07, 6.45) is 0. The fourth-order valence-corrected chi connectivity index (χ4v) is 4.09. The zero-order valence-electron chi connectivity index (χ0n) is 15.2. The third kappa shape index (κ3) is 3.53. The van der Waals surface area contributed by atoms with Crippen LogP contribution in [0.1, 0.15) is 6.92 Å². The Bertz CT molecular complexity index is 1010. The van der Waals surface area contributed by atoms with Crippen molar-refractivity contribution in [1.82, 2.24) is 18.3 Å². The van der Waals surface area contributed by atoms with Crippen molar-refractivity contribution in [2.45, 2.75) is 11.8 Å². The first-order chi connectivity index (χ1) is 11.6. The molecule has 0 bridgehead atoms. The van der Waals surface area contributed by atoms with Crippen LogP contribution in [0, 0.1) is 0 Å². The Morgan fingerprint density at radius 3 is 2.04 bits per heavy atom. The number of hydrogen-bond acceptors (Lipinski definition) is 5. The number of nitrogens with zero attached hydrogens (tertiary/aromatic N) is 4. The van der Waals surface area contributed by atoms with Crippen LogP contribution in [0.4, 0.5) is 0 Å². The lowest BCUT2D eigenvalue weighted by molar-refractivity contribution is 0.340. The van der Waals surface area contributed by atoms with Gasteiger partial charge in [-0.1, -0.05) is 6.92 Å². The first-order valence-electron chi connectivity index (χ1n) is 7.96. The summed E-state index contributed by atoms with van der Waals surface area (Å²) in [6.45, 7) is 3.11. The van der Waals surface area contributed by atoms with Crippen LogP contribution < -0.4 is 11.1 Å². The molecule has 1 aromatic carbocycles. The molecule has 0 radical (unpaired) electrons. The minimum Gasteiger partial charge on any atom is -0.308 e. The smallest absolute Gasteiger partial charge is 0.308 e. The van der Waals surface area contributed by atoms with Crippen molar-refractivity contribution in [1.29, 1.82) is 0 Å². The highest BCUT2D eigenvalue weighted by Crippen LogP contribution is 2.20. The van der Waals surface area contributed by atoms with Gasteiger partial charge >= 0.3 is 11.1 Å². The molecule has 0 unspecified atom stereocenters. The minimum absolute atomic E-state index is 0.106. The highest BCUT2D eigenvalue weighted by atomic mass is 32.2. The molecule has 2 rings (SSSR count). The van der Waals surface area contributed by atoms with E-state index in [1.807, 2.05) is 19.0 Å². The number of aromatic nitrogens is 2. The second kappa shape index (κ2) is 7.11. The molecule has 8 nitrogen and oxygen atoms in total. The number of aryl methyl sites for hydroxylation is 2. The molecule has 0 saturated carbocycles. The Labute approximate surface area is 146 Å². The Morgan fingerprint density at radius 2 is 1.52 bits per heavy atom. The van der Waals surface area contributed by atoms with Crippen LogP contribution in [0.25, 0.3) is 11.0 Å². The average molecular weight is 368 g/mol. The largest absolute Gasteiger partial charge is 0.316 e. The van der Waals surface area contributed by atoms with Gasteiger partial charge in [0.2, 0.25) is 10.0 Å². The predicted octanol–water partition coefficient (Wildman–Crippen LogP) is -0.191. The Morgan fingerprint density at radius 1 is 0.960 bits per heavy atom. The summed E-state index contributed by atoms with van der Waals surface area (Å²) in [5.74, 6) is 0. The molecule has 9 heteroatoms. The van der Waals surface area contributed by atoms with Crippen molar-refractivity contribution in [3.63, 3.8) is 0 Å². The van der Waals surface area contributed by atoms with Gasteiger partial charge in [-0.2, -0.15) is 4.31 Å². The maximum Gasteiger partial charge on any atom is 0.316 e.